The van der Waals surface area contributed by atoms with Gasteiger partial charge in [0.1, 0.15) is 5.17 Å². The Bertz CT molecular complexity index is 169. The molecule has 3 nitrogen and oxygen atoms in total. The van der Waals surface area contributed by atoms with Crippen LogP contribution in [0.3, 0.4) is 0 Å². The zero-order valence-electron chi connectivity index (χ0n) is 5.57. The highest BCUT2D eigenvalue weighted by atomic mass is 35.5. The van der Waals surface area contributed by atoms with Gasteiger partial charge in [0, 0.05) is 6.20 Å². The smallest absolute Gasteiger partial charge is 0.255 e. The first-order chi connectivity index (χ1) is 5.04. The van der Waals surface area contributed by atoms with E-state index in [1.807, 2.05) is 0 Å². The van der Waals surface area contributed by atoms with Crippen LogP contribution in [0.4, 0.5) is 8.78 Å². The van der Waals surface area contributed by atoms with Crippen LogP contribution < -0.4 is 11.1 Å². The largest absolute Gasteiger partial charge is 0.395 e. The summed E-state index contributed by atoms with van der Waals surface area (Å²) in [5, 5.41) is 8.57. The summed E-state index contributed by atoms with van der Waals surface area (Å²) in [7, 11) is 0. The maximum absolute atomic E-state index is 11.5. The lowest BCUT2D eigenvalue weighted by molar-refractivity contribution is 0.150. The van der Waals surface area contributed by atoms with Crippen molar-refractivity contribution in [2.75, 3.05) is 6.54 Å². The molecule has 0 rings (SSSR count). The monoisotopic (exact) mass is 183 g/mol. The van der Waals surface area contributed by atoms with E-state index in [1.54, 1.807) is 0 Å². The van der Waals surface area contributed by atoms with Gasteiger partial charge in [-0.2, -0.15) is 0 Å². The predicted molar refractivity (Wildman–Crippen MR) is 39.9 cm³/mol. The standard InChI is InChI=1S/C5H8ClF2N3/c6-5(10)3(9)1-11-2-4(7)8/h1,4,10-11H,2,9H2/b3-1+,10-5?. The number of alkyl halides is 2. The van der Waals surface area contributed by atoms with E-state index in [2.05, 4.69) is 5.32 Å². The molecule has 0 aliphatic heterocycles. The number of halogens is 3. The molecule has 0 aliphatic rings. The van der Waals surface area contributed by atoms with Gasteiger partial charge in [0.15, 0.2) is 0 Å². The molecule has 0 atom stereocenters. The van der Waals surface area contributed by atoms with Crippen molar-refractivity contribution in [2.45, 2.75) is 6.43 Å². The molecule has 0 amide bonds. The molecule has 0 aliphatic carbocycles. The Labute approximate surface area is 67.7 Å². The maximum Gasteiger partial charge on any atom is 0.255 e. The van der Waals surface area contributed by atoms with E-state index in [0.717, 1.165) is 6.20 Å². The van der Waals surface area contributed by atoms with Gasteiger partial charge in [-0.3, -0.25) is 5.41 Å². The fourth-order valence-electron chi connectivity index (χ4n) is 0.321. The molecule has 4 N–H and O–H groups in total. The summed E-state index contributed by atoms with van der Waals surface area (Å²) >= 11 is 5.11. The van der Waals surface area contributed by atoms with E-state index >= 15 is 0 Å². The summed E-state index contributed by atoms with van der Waals surface area (Å²) in [5.74, 6) is 0. The summed E-state index contributed by atoms with van der Waals surface area (Å²) in [4.78, 5) is 0. The second kappa shape index (κ2) is 4.90. The third-order valence-electron chi connectivity index (χ3n) is 0.783. The van der Waals surface area contributed by atoms with Crippen molar-refractivity contribution in [1.82, 2.24) is 5.32 Å². The summed E-state index contributed by atoms with van der Waals surface area (Å²) in [6.45, 7) is -0.495. The second-order valence-corrected chi connectivity index (χ2v) is 2.09. The van der Waals surface area contributed by atoms with Gasteiger partial charge >= 0.3 is 0 Å². The lowest BCUT2D eigenvalue weighted by Gasteiger charge is -1.99. The summed E-state index contributed by atoms with van der Waals surface area (Å²) in [5.41, 5.74) is 5.04. The van der Waals surface area contributed by atoms with Gasteiger partial charge in [-0.05, 0) is 0 Å². The highest BCUT2D eigenvalue weighted by Crippen LogP contribution is 1.91. The van der Waals surface area contributed by atoms with Crippen LogP contribution in [-0.2, 0) is 0 Å². The van der Waals surface area contributed by atoms with Crippen LogP contribution >= 0.6 is 11.6 Å². The van der Waals surface area contributed by atoms with E-state index in [0.29, 0.717) is 0 Å². The lowest BCUT2D eigenvalue weighted by atomic mass is 10.5. The number of nitrogens with one attached hydrogen (secondary N) is 2. The SMILES string of the molecule is N=C(Cl)/C(N)=C\NCC(F)F. The molecular weight excluding hydrogens is 176 g/mol. The van der Waals surface area contributed by atoms with Gasteiger partial charge in [0.25, 0.3) is 6.43 Å². The molecular formula is C5H8ClF2N3. The minimum Gasteiger partial charge on any atom is -0.395 e. The Morgan fingerprint density at radius 1 is 1.73 bits per heavy atom. The minimum absolute atomic E-state index is 0.0627. The molecule has 0 aromatic rings. The average molecular weight is 184 g/mol. The highest BCUT2D eigenvalue weighted by Gasteiger charge is 1.99. The van der Waals surface area contributed by atoms with E-state index in [9.17, 15) is 8.78 Å². The van der Waals surface area contributed by atoms with Crippen LogP contribution in [0.1, 0.15) is 0 Å². The first kappa shape index (κ1) is 10.2. The molecule has 0 fully saturated rings. The molecule has 0 unspecified atom stereocenters. The van der Waals surface area contributed by atoms with Crippen molar-refractivity contribution in [2.24, 2.45) is 5.73 Å². The van der Waals surface area contributed by atoms with Crippen LogP contribution in [-0.4, -0.2) is 18.1 Å². The summed E-state index contributed by atoms with van der Waals surface area (Å²) in [6.07, 6.45) is -1.37. The maximum atomic E-state index is 11.5. The number of hydrogen-bond acceptors (Lipinski definition) is 3. The van der Waals surface area contributed by atoms with Gasteiger partial charge < -0.3 is 11.1 Å². The van der Waals surface area contributed by atoms with Crippen LogP contribution in [0.5, 0.6) is 0 Å². The van der Waals surface area contributed by atoms with Crippen LogP contribution in [0.15, 0.2) is 11.9 Å². The van der Waals surface area contributed by atoms with Crippen molar-refractivity contribution >= 4 is 16.8 Å². The number of hydrogen-bond donors (Lipinski definition) is 3. The first-order valence-electron chi connectivity index (χ1n) is 2.75. The Morgan fingerprint density at radius 2 is 2.27 bits per heavy atom. The molecule has 64 valence electrons. The topological polar surface area (TPSA) is 61.9 Å². The van der Waals surface area contributed by atoms with E-state index in [1.165, 1.54) is 0 Å². The van der Waals surface area contributed by atoms with Crippen molar-refractivity contribution < 1.29 is 8.78 Å². The van der Waals surface area contributed by atoms with Crippen molar-refractivity contribution in [3.8, 4) is 0 Å². The normalized spacial score (nSPS) is 11.8. The van der Waals surface area contributed by atoms with Gasteiger partial charge in [0.2, 0.25) is 0 Å². The average Bonchev–Trinajstić information content (AvgIpc) is 1.86. The Balaban J connectivity index is 3.65. The van der Waals surface area contributed by atoms with Gasteiger partial charge in [0.05, 0.1) is 12.2 Å². The molecule has 11 heavy (non-hydrogen) atoms. The number of allylic oxidation sites excluding steroid dienone is 1. The first-order valence-corrected chi connectivity index (χ1v) is 3.13. The van der Waals surface area contributed by atoms with Crippen LogP contribution in [0, 0.1) is 5.41 Å². The molecule has 0 aromatic heterocycles. The molecule has 0 heterocycles. The number of rotatable bonds is 4. The van der Waals surface area contributed by atoms with E-state index in [4.69, 9.17) is 22.7 Å². The Hall–Kier alpha value is -0.840. The molecule has 0 bridgehead atoms. The molecule has 6 heteroatoms. The van der Waals surface area contributed by atoms with Gasteiger partial charge in [-0.1, -0.05) is 11.6 Å². The van der Waals surface area contributed by atoms with Crippen molar-refractivity contribution in [3.05, 3.63) is 11.9 Å². The summed E-state index contributed by atoms with van der Waals surface area (Å²) < 4.78 is 22.9. The second-order valence-electron chi connectivity index (χ2n) is 1.71. The van der Waals surface area contributed by atoms with E-state index in [-0.39, 0.29) is 10.9 Å². The van der Waals surface area contributed by atoms with Gasteiger partial charge in [-0.25, -0.2) is 8.78 Å². The van der Waals surface area contributed by atoms with Crippen LogP contribution in [0.2, 0.25) is 0 Å². The Kier molecular flexibility index (Phi) is 4.52. The zero-order valence-corrected chi connectivity index (χ0v) is 6.33. The fourth-order valence-corrected chi connectivity index (χ4v) is 0.376. The molecule has 0 spiro atoms. The van der Waals surface area contributed by atoms with Crippen LogP contribution in [0.25, 0.3) is 0 Å². The molecule has 0 radical (unpaired) electrons. The van der Waals surface area contributed by atoms with Crippen molar-refractivity contribution in [3.63, 3.8) is 0 Å². The molecule has 0 saturated carbocycles. The molecule has 0 aromatic carbocycles. The third kappa shape index (κ3) is 5.60. The third-order valence-corrected chi connectivity index (χ3v) is 1.00. The van der Waals surface area contributed by atoms with Gasteiger partial charge in [-0.15, -0.1) is 0 Å². The summed E-state index contributed by atoms with van der Waals surface area (Å²) in [6, 6.07) is 0. The number of nitrogens with two attached hydrogens (primary N) is 1. The lowest BCUT2D eigenvalue weighted by Crippen LogP contribution is -2.18. The van der Waals surface area contributed by atoms with E-state index < -0.39 is 13.0 Å². The quantitative estimate of drug-likeness (QED) is 0.566. The minimum atomic E-state index is -2.44. The zero-order chi connectivity index (χ0) is 8.85. The Morgan fingerprint density at radius 3 is 2.64 bits per heavy atom. The molecule has 0 saturated heterocycles. The fraction of sp³-hybridized carbons (Fsp3) is 0.400. The predicted octanol–water partition coefficient (Wildman–Crippen LogP) is 0.857. The highest BCUT2D eigenvalue weighted by molar-refractivity contribution is 6.68. The van der Waals surface area contributed by atoms with Crippen molar-refractivity contribution in [1.29, 1.82) is 5.41 Å².